The van der Waals surface area contributed by atoms with Crippen LogP contribution in [-0.2, 0) is 16.4 Å². The van der Waals surface area contributed by atoms with Crippen molar-refractivity contribution in [1.82, 2.24) is 15.4 Å². The van der Waals surface area contributed by atoms with Gasteiger partial charge in [0.15, 0.2) is 0 Å². The Morgan fingerprint density at radius 3 is 2.40 bits per heavy atom. The Bertz CT molecular complexity index is 743. The Morgan fingerprint density at radius 1 is 1.08 bits per heavy atom. The minimum Gasteiger partial charge on any atom is -0.272 e. The maximum absolute atomic E-state index is 13.0. The summed E-state index contributed by atoms with van der Waals surface area (Å²) < 4.78 is 39.1. The lowest BCUT2D eigenvalue weighted by molar-refractivity contribution is -0.138. The molecule has 1 aliphatic rings. The number of amides is 1. The second-order valence-electron chi connectivity index (χ2n) is 6.02. The monoisotopic (exact) mass is 350 g/mol. The number of alkyl halides is 3. The summed E-state index contributed by atoms with van der Waals surface area (Å²) in [6.07, 6.45) is 1.15. The first-order valence-electron chi connectivity index (χ1n) is 7.93. The predicted molar refractivity (Wildman–Crippen MR) is 85.4 cm³/mol. The second kappa shape index (κ2) is 6.70. The number of carbonyl (C=O) groups is 1. The molecule has 0 bridgehead atoms. The Hall–Kier alpha value is -2.64. The standard InChI is InChI=1S/C17H17F3N4O/c18-17(19,20)13-6-3-5-12(11-13)16(7-1-2-8-16)14(25)23-24-15-21-9-4-10-22-15/h3-6,9-11H,1-2,7-8H2,(H,23,25)(H,21,22,24). The highest BCUT2D eigenvalue weighted by Crippen LogP contribution is 2.43. The summed E-state index contributed by atoms with van der Waals surface area (Å²) in [5, 5.41) is 0. The number of benzene rings is 1. The Balaban J connectivity index is 1.85. The summed E-state index contributed by atoms with van der Waals surface area (Å²) >= 11 is 0. The normalized spacial score (nSPS) is 16.4. The Labute approximate surface area is 142 Å². The van der Waals surface area contributed by atoms with Crippen LogP contribution in [0.25, 0.3) is 0 Å². The van der Waals surface area contributed by atoms with E-state index in [0.29, 0.717) is 18.4 Å². The van der Waals surface area contributed by atoms with Gasteiger partial charge in [0.05, 0.1) is 11.0 Å². The van der Waals surface area contributed by atoms with E-state index in [4.69, 9.17) is 0 Å². The summed E-state index contributed by atoms with van der Waals surface area (Å²) in [5.41, 5.74) is 3.81. The fourth-order valence-electron chi connectivity index (χ4n) is 3.21. The van der Waals surface area contributed by atoms with Crippen molar-refractivity contribution in [2.75, 3.05) is 5.43 Å². The maximum Gasteiger partial charge on any atom is 0.416 e. The van der Waals surface area contributed by atoms with Crippen molar-refractivity contribution < 1.29 is 18.0 Å². The number of hydrazine groups is 1. The number of hydrogen-bond acceptors (Lipinski definition) is 4. The smallest absolute Gasteiger partial charge is 0.272 e. The highest BCUT2D eigenvalue weighted by molar-refractivity contribution is 5.89. The first-order chi connectivity index (χ1) is 11.9. The average Bonchev–Trinajstić information content (AvgIpc) is 3.11. The highest BCUT2D eigenvalue weighted by atomic mass is 19.4. The largest absolute Gasteiger partial charge is 0.416 e. The number of nitrogens with one attached hydrogen (secondary N) is 2. The van der Waals surface area contributed by atoms with Crippen LogP contribution in [0.3, 0.4) is 0 Å². The number of aromatic nitrogens is 2. The third-order valence-electron chi connectivity index (χ3n) is 4.49. The molecule has 2 aromatic rings. The van der Waals surface area contributed by atoms with Crippen molar-refractivity contribution in [3.05, 3.63) is 53.9 Å². The van der Waals surface area contributed by atoms with Gasteiger partial charge in [-0.2, -0.15) is 13.2 Å². The van der Waals surface area contributed by atoms with E-state index in [1.807, 2.05) is 0 Å². The van der Waals surface area contributed by atoms with E-state index in [1.54, 1.807) is 12.1 Å². The molecular formula is C17H17F3N4O. The van der Waals surface area contributed by atoms with Gasteiger partial charge in [0.1, 0.15) is 0 Å². The van der Waals surface area contributed by atoms with Crippen molar-refractivity contribution in [3.8, 4) is 0 Å². The molecule has 1 fully saturated rings. The van der Waals surface area contributed by atoms with Gasteiger partial charge in [-0.15, -0.1) is 0 Å². The summed E-state index contributed by atoms with van der Waals surface area (Å²) in [6, 6.07) is 6.65. The van der Waals surface area contributed by atoms with E-state index < -0.39 is 17.2 Å². The number of hydrogen-bond donors (Lipinski definition) is 2. The van der Waals surface area contributed by atoms with Crippen molar-refractivity contribution in [2.45, 2.75) is 37.3 Å². The lowest BCUT2D eigenvalue weighted by Gasteiger charge is -2.29. The van der Waals surface area contributed by atoms with E-state index in [9.17, 15) is 18.0 Å². The van der Waals surface area contributed by atoms with Crippen LogP contribution in [-0.4, -0.2) is 15.9 Å². The van der Waals surface area contributed by atoms with Crippen molar-refractivity contribution >= 4 is 11.9 Å². The van der Waals surface area contributed by atoms with E-state index >= 15 is 0 Å². The molecule has 8 heteroatoms. The molecular weight excluding hydrogens is 333 g/mol. The Kier molecular flexibility index (Phi) is 4.61. The minimum absolute atomic E-state index is 0.216. The zero-order valence-corrected chi connectivity index (χ0v) is 13.3. The van der Waals surface area contributed by atoms with Crippen molar-refractivity contribution in [2.24, 2.45) is 0 Å². The van der Waals surface area contributed by atoms with Crippen LogP contribution in [0.1, 0.15) is 36.8 Å². The van der Waals surface area contributed by atoms with Gasteiger partial charge in [0, 0.05) is 12.4 Å². The van der Waals surface area contributed by atoms with Gasteiger partial charge in [0.2, 0.25) is 11.9 Å². The fourth-order valence-corrected chi connectivity index (χ4v) is 3.21. The third-order valence-corrected chi connectivity index (χ3v) is 4.49. The van der Waals surface area contributed by atoms with E-state index in [0.717, 1.165) is 25.0 Å². The van der Waals surface area contributed by atoms with Gasteiger partial charge in [-0.25, -0.2) is 9.97 Å². The summed E-state index contributed by atoms with van der Waals surface area (Å²) in [6.45, 7) is 0. The topological polar surface area (TPSA) is 66.9 Å². The number of anilines is 1. The van der Waals surface area contributed by atoms with E-state index in [2.05, 4.69) is 20.8 Å². The molecule has 1 aliphatic carbocycles. The van der Waals surface area contributed by atoms with Gasteiger partial charge in [-0.05, 0) is 30.5 Å². The molecule has 1 heterocycles. The molecule has 1 amide bonds. The van der Waals surface area contributed by atoms with Gasteiger partial charge in [-0.1, -0.05) is 31.0 Å². The highest BCUT2D eigenvalue weighted by Gasteiger charge is 2.44. The van der Waals surface area contributed by atoms with Gasteiger partial charge >= 0.3 is 6.18 Å². The molecule has 25 heavy (non-hydrogen) atoms. The second-order valence-corrected chi connectivity index (χ2v) is 6.02. The lowest BCUT2D eigenvalue weighted by atomic mass is 9.77. The number of nitrogens with zero attached hydrogens (tertiary/aromatic N) is 2. The first kappa shape index (κ1) is 17.2. The molecule has 0 radical (unpaired) electrons. The molecule has 1 aromatic carbocycles. The molecule has 0 aliphatic heterocycles. The minimum atomic E-state index is -4.44. The number of carbonyl (C=O) groups excluding carboxylic acids is 1. The summed E-state index contributed by atoms with van der Waals surface area (Å²) in [4.78, 5) is 20.7. The SMILES string of the molecule is O=C(NNc1ncccn1)C1(c2cccc(C(F)(F)F)c2)CCCC1. The van der Waals surface area contributed by atoms with Crippen LogP contribution >= 0.6 is 0 Å². The van der Waals surface area contributed by atoms with Crippen LogP contribution in [0.15, 0.2) is 42.7 Å². The maximum atomic E-state index is 13.0. The van der Waals surface area contributed by atoms with Crippen molar-refractivity contribution in [1.29, 1.82) is 0 Å². The first-order valence-corrected chi connectivity index (χ1v) is 7.93. The van der Waals surface area contributed by atoms with Crippen LogP contribution in [0.5, 0.6) is 0 Å². The van der Waals surface area contributed by atoms with Crippen LogP contribution < -0.4 is 10.9 Å². The lowest BCUT2D eigenvalue weighted by Crippen LogP contribution is -2.45. The van der Waals surface area contributed by atoms with Gasteiger partial charge in [-0.3, -0.25) is 15.6 Å². The molecule has 0 saturated heterocycles. The quantitative estimate of drug-likeness (QED) is 0.829. The Morgan fingerprint density at radius 2 is 1.76 bits per heavy atom. The molecule has 3 rings (SSSR count). The molecule has 5 nitrogen and oxygen atoms in total. The third kappa shape index (κ3) is 3.57. The molecule has 1 saturated carbocycles. The molecule has 0 unspecified atom stereocenters. The molecule has 132 valence electrons. The zero-order chi connectivity index (χ0) is 17.9. The van der Waals surface area contributed by atoms with Gasteiger partial charge in [0.25, 0.3) is 0 Å². The predicted octanol–water partition coefficient (Wildman–Crippen LogP) is 3.45. The molecule has 1 aromatic heterocycles. The van der Waals surface area contributed by atoms with Gasteiger partial charge < -0.3 is 0 Å². The number of halogens is 3. The number of rotatable bonds is 4. The van der Waals surface area contributed by atoms with Crippen LogP contribution in [0.4, 0.5) is 19.1 Å². The van der Waals surface area contributed by atoms with E-state index in [1.165, 1.54) is 18.5 Å². The summed E-state index contributed by atoms with van der Waals surface area (Å²) in [5.74, 6) is -0.162. The van der Waals surface area contributed by atoms with Crippen molar-refractivity contribution in [3.63, 3.8) is 0 Å². The van der Waals surface area contributed by atoms with Crippen LogP contribution in [0.2, 0.25) is 0 Å². The summed E-state index contributed by atoms with van der Waals surface area (Å²) in [7, 11) is 0. The average molecular weight is 350 g/mol. The van der Waals surface area contributed by atoms with E-state index in [-0.39, 0.29) is 11.9 Å². The molecule has 0 spiro atoms. The zero-order valence-electron chi connectivity index (χ0n) is 13.3. The fraction of sp³-hybridized carbons (Fsp3) is 0.353. The molecule has 2 N–H and O–H groups in total. The van der Waals surface area contributed by atoms with Crippen LogP contribution in [0, 0.1) is 0 Å². The molecule has 0 atom stereocenters.